The summed E-state index contributed by atoms with van der Waals surface area (Å²) in [7, 11) is 0. The summed E-state index contributed by atoms with van der Waals surface area (Å²) in [5.41, 5.74) is -0.183. The molecule has 1 aromatic rings. The third-order valence-corrected chi connectivity index (χ3v) is 9.15. The normalized spacial score (nSPS) is 31.5. The Bertz CT molecular complexity index is 857. The number of esters is 2. The fraction of sp³-hybridized carbons (Fsp3) is 0.692. The average Bonchev–Trinajstić information content (AvgIpc) is 2.68. The Morgan fingerprint density at radius 1 is 0.906 bits per heavy atom. The Hall–Kier alpha value is -0.880. The maximum atomic E-state index is 13.4. The molecule has 4 saturated carbocycles. The van der Waals surface area contributed by atoms with Crippen LogP contribution in [0.15, 0.2) is 27.1 Å². The first kappa shape index (κ1) is 24.3. The van der Waals surface area contributed by atoms with Crippen molar-refractivity contribution in [3.8, 4) is 0 Å². The third-order valence-electron chi connectivity index (χ3n) is 8.23. The second-order valence-corrected chi connectivity index (χ2v) is 13.0. The van der Waals surface area contributed by atoms with E-state index in [0.717, 1.165) is 46.6 Å². The highest BCUT2D eigenvalue weighted by molar-refractivity contribution is 9.11. The SMILES string of the molecule is CCC(C)(C)C(=O)OC1C2CC3CC1CC(C2)C3C(=O)OC(C)(C)c1cc(Br)cc(Br)c1. The molecule has 4 bridgehead atoms. The van der Waals surface area contributed by atoms with Gasteiger partial charge in [-0.2, -0.15) is 0 Å². The number of hydrogen-bond donors (Lipinski definition) is 0. The zero-order valence-electron chi connectivity index (χ0n) is 19.6. The van der Waals surface area contributed by atoms with E-state index < -0.39 is 11.0 Å². The monoisotopic (exact) mass is 568 g/mol. The van der Waals surface area contributed by atoms with Crippen LogP contribution < -0.4 is 0 Å². The second-order valence-electron chi connectivity index (χ2n) is 11.2. The quantitative estimate of drug-likeness (QED) is 0.345. The zero-order chi connectivity index (χ0) is 23.4. The highest BCUT2D eigenvalue weighted by Crippen LogP contribution is 2.58. The zero-order valence-corrected chi connectivity index (χ0v) is 22.8. The third kappa shape index (κ3) is 4.55. The van der Waals surface area contributed by atoms with Crippen LogP contribution in [0.2, 0.25) is 0 Å². The summed E-state index contributed by atoms with van der Waals surface area (Å²) in [6.07, 6.45) is 4.63. The predicted molar refractivity (Wildman–Crippen MR) is 131 cm³/mol. The molecule has 4 fully saturated rings. The summed E-state index contributed by atoms with van der Waals surface area (Å²) >= 11 is 7.06. The van der Waals surface area contributed by atoms with E-state index in [1.165, 1.54) is 0 Å². The molecule has 0 spiro atoms. The molecule has 0 saturated heterocycles. The molecule has 6 heteroatoms. The van der Waals surface area contributed by atoms with E-state index in [1.54, 1.807) is 0 Å². The molecular weight excluding hydrogens is 536 g/mol. The molecule has 0 amide bonds. The molecule has 0 aromatic heterocycles. The van der Waals surface area contributed by atoms with Crippen molar-refractivity contribution in [2.75, 3.05) is 0 Å². The minimum absolute atomic E-state index is 0.0215. The second kappa shape index (κ2) is 8.72. The lowest BCUT2D eigenvalue weighted by Crippen LogP contribution is -2.56. The van der Waals surface area contributed by atoms with E-state index in [0.29, 0.717) is 23.7 Å². The molecule has 176 valence electrons. The van der Waals surface area contributed by atoms with Crippen molar-refractivity contribution in [1.82, 2.24) is 0 Å². The molecule has 5 rings (SSSR count). The van der Waals surface area contributed by atoms with Crippen LogP contribution in [0.3, 0.4) is 0 Å². The minimum atomic E-state index is -0.706. The van der Waals surface area contributed by atoms with Crippen LogP contribution in [0.25, 0.3) is 0 Å². The first-order chi connectivity index (χ1) is 14.9. The largest absolute Gasteiger partial charge is 0.461 e. The lowest BCUT2D eigenvalue weighted by atomic mass is 9.50. The summed E-state index contributed by atoms with van der Waals surface area (Å²) in [4.78, 5) is 26.1. The van der Waals surface area contributed by atoms with E-state index in [4.69, 9.17) is 9.47 Å². The minimum Gasteiger partial charge on any atom is -0.461 e. The summed E-state index contributed by atoms with van der Waals surface area (Å²) in [6.45, 7) is 9.87. The molecular formula is C26H34Br2O4. The number of hydrogen-bond acceptors (Lipinski definition) is 4. The standard InChI is InChI=1S/C26H34Br2O4/c1-6-25(2,3)24(30)31-22-16-7-14-8-17(22)10-15(9-16)21(14)23(29)32-26(4,5)18-11-19(27)13-20(28)12-18/h11-17,21-22H,6-10H2,1-5H3. The lowest BCUT2D eigenvalue weighted by Gasteiger charge is -2.56. The van der Waals surface area contributed by atoms with Gasteiger partial charge in [-0.15, -0.1) is 0 Å². The van der Waals surface area contributed by atoms with Gasteiger partial charge in [0.05, 0.1) is 11.3 Å². The molecule has 0 aliphatic heterocycles. The van der Waals surface area contributed by atoms with Crippen molar-refractivity contribution in [2.24, 2.45) is 35.0 Å². The van der Waals surface area contributed by atoms with Gasteiger partial charge in [-0.05, 0) is 107 Å². The average molecular weight is 570 g/mol. The molecule has 4 aliphatic rings. The number of ether oxygens (including phenoxy) is 2. The van der Waals surface area contributed by atoms with Crippen LogP contribution in [-0.2, 0) is 24.7 Å². The Labute approximate surface area is 208 Å². The van der Waals surface area contributed by atoms with Gasteiger partial charge >= 0.3 is 11.9 Å². The van der Waals surface area contributed by atoms with Crippen molar-refractivity contribution in [3.05, 3.63) is 32.7 Å². The van der Waals surface area contributed by atoms with E-state index in [1.807, 2.05) is 52.8 Å². The summed E-state index contributed by atoms with van der Waals surface area (Å²) in [5, 5.41) is 0. The Balaban J connectivity index is 1.44. The molecule has 32 heavy (non-hydrogen) atoms. The number of benzene rings is 1. The van der Waals surface area contributed by atoms with E-state index in [9.17, 15) is 9.59 Å². The van der Waals surface area contributed by atoms with Gasteiger partial charge in [0.1, 0.15) is 11.7 Å². The van der Waals surface area contributed by atoms with Crippen molar-refractivity contribution >= 4 is 43.8 Å². The highest BCUT2D eigenvalue weighted by atomic mass is 79.9. The van der Waals surface area contributed by atoms with Gasteiger partial charge in [-0.25, -0.2) is 0 Å². The maximum Gasteiger partial charge on any atom is 0.311 e. The Kier molecular flexibility index (Phi) is 6.61. The topological polar surface area (TPSA) is 52.6 Å². The Morgan fingerprint density at radius 3 is 1.88 bits per heavy atom. The molecule has 1 aromatic carbocycles. The number of halogens is 2. The van der Waals surface area contributed by atoms with Crippen LogP contribution in [0.4, 0.5) is 0 Å². The number of carbonyl (C=O) groups is 2. The van der Waals surface area contributed by atoms with Crippen LogP contribution in [0.1, 0.15) is 72.3 Å². The highest BCUT2D eigenvalue weighted by Gasteiger charge is 2.57. The maximum absolute atomic E-state index is 13.4. The molecule has 0 N–H and O–H groups in total. The van der Waals surface area contributed by atoms with Gasteiger partial charge < -0.3 is 9.47 Å². The molecule has 0 heterocycles. The van der Waals surface area contributed by atoms with Gasteiger partial charge in [0.2, 0.25) is 0 Å². The van der Waals surface area contributed by atoms with E-state index in [2.05, 4.69) is 31.9 Å². The first-order valence-electron chi connectivity index (χ1n) is 11.8. The Morgan fingerprint density at radius 2 is 1.41 bits per heavy atom. The van der Waals surface area contributed by atoms with Crippen LogP contribution in [-0.4, -0.2) is 18.0 Å². The van der Waals surface area contributed by atoms with Gasteiger partial charge in [-0.3, -0.25) is 9.59 Å². The van der Waals surface area contributed by atoms with E-state index >= 15 is 0 Å². The summed E-state index contributed by atoms with van der Waals surface area (Å²) in [6, 6.07) is 5.99. The molecule has 4 aliphatic carbocycles. The predicted octanol–water partition coefficient (Wildman–Crippen LogP) is 7.02. The van der Waals surface area contributed by atoms with Crippen LogP contribution in [0.5, 0.6) is 0 Å². The van der Waals surface area contributed by atoms with Gasteiger partial charge in [0.15, 0.2) is 0 Å². The molecule has 0 atom stereocenters. The van der Waals surface area contributed by atoms with Gasteiger partial charge in [-0.1, -0.05) is 38.8 Å². The number of carbonyl (C=O) groups excluding carboxylic acids is 2. The smallest absolute Gasteiger partial charge is 0.311 e. The summed E-state index contributed by atoms with van der Waals surface area (Å²) < 4.78 is 14.1. The van der Waals surface area contributed by atoms with Crippen LogP contribution >= 0.6 is 31.9 Å². The van der Waals surface area contributed by atoms with Crippen molar-refractivity contribution in [1.29, 1.82) is 0 Å². The van der Waals surface area contributed by atoms with Crippen molar-refractivity contribution in [3.63, 3.8) is 0 Å². The van der Waals surface area contributed by atoms with E-state index in [-0.39, 0.29) is 24.0 Å². The molecule has 0 radical (unpaired) electrons. The first-order valence-corrected chi connectivity index (χ1v) is 13.4. The van der Waals surface area contributed by atoms with Crippen molar-refractivity contribution < 1.29 is 19.1 Å². The van der Waals surface area contributed by atoms with Gasteiger partial charge in [0.25, 0.3) is 0 Å². The summed E-state index contributed by atoms with van der Waals surface area (Å²) in [5.74, 6) is 1.25. The van der Waals surface area contributed by atoms with Crippen molar-refractivity contribution in [2.45, 2.75) is 78.4 Å². The lowest BCUT2D eigenvalue weighted by molar-refractivity contribution is -0.198. The fourth-order valence-corrected chi connectivity index (χ4v) is 7.41. The molecule has 4 nitrogen and oxygen atoms in total. The van der Waals surface area contributed by atoms with Crippen LogP contribution in [0, 0.1) is 35.0 Å². The fourth-order valence-electron chi connectivity index (χ4n) is 6.12. The molecule has 0 unspecified atom stereocenters. The number of rotatable bonds is 6. The van der Waals surface area contributed by atoms with Gasteiger partial charge in [0, 0.05) is 8.95 Å².